The number of nitrogens with two attached hydrogens (primary N) is 1. The minimum absolute atomic E-state index is 0.00860. The van der Waals surface area contributed by atoms with Crippen LogP contribution in [0.5, 0.6) is 0 Å². The third-order valence-corrected chi connectivity index (χ3v) is 5.55. The molecular formula is C19H18N4O6S. The number of esters is 1. The van der Waals surface area contributed by atoms with Gasteiger partial charge in [-0.15, -0.1) is 0 Å². The second kappa shape index (κ2) is 7.76. The summed E-state index contributed by atoms with van der Waals surface area (Å²) in [6.07, 6.45) is 3.88. The molecule has 0 unspecified atom stereocenters. The van der Waals surface area contributed by atoms with Crippen molar-refractivity contribution < 1.29 is 27.2 Å². The molecule has 3 heterocycles. The maximum atomic E-state index is 12.5. The average molecular weight is 430 g/mol. The van der Waals surface area contributed by atoms with Crippen LogP contribution in [0.25, 0.3) is 0 Å². The number of amides is 1. The number of nitrogens with zero attached hydrogens (tertiary/aromatic N) is 3. The summed E-state index contributed by atoms with van der Waals surface area (Å²) in [6, 6.07) is 9.21. The van der Waals surface area contributed by atoms with Crippen molar-refractivity contribution in [3.8, 4) is 0 Å². The largest absolute Gasteiger partial charge is 0.452 e. The third kappa shape index (κ3) is 4.11. The van der Waals surface area contributed by atoms with E-state index in [0.29, 0.717) is 36.5 Å². The van der Waals surface area contributed by atoms with Crippen LogP contribution in [0, 0.1) is 0 Å². The predicted octanol–water partition coefficient (Wildman–Crippen LogP) is 0.918. The van der Waals surface area contributed by atoms with Gasteiger partial charge in [-0.3, -0.25) is 9.48 Å². The number of hydrogen-bond donors (Lipinski definition) is 1. The van der Waals surface area contributed by atoms with E-state index in [1.807, 2.05) is 0 Å². The number of sulfonamides is 1. The highest BCUT2D eigenvalue weighted by molar-refractivity contribution is 7.89. The Hall–Kier alpha value is -3.44. The van der Waals surface area contributed by atoms with Crippen LogP contribution in [0.1, 0.15) is 21.9 Å². The number of ether oxygens (including phenoxy) is 1. The molecule has 0 saturated heterocycles. The molecule has 2 N–H and O–H groups in total. The molecule has 0 spiro atoms. The summed E-state index contributed by atoms with van der Waals surface area (Å²) in [4.78, 5) is 26.1. The molecule has 0 fully saturated rings. The topological polar surface area (TPSA) is 138 Å². The first-order valence-corrected chi connectivity index (χ1v) is 10.6. The Morgan fingerprint density at radius 3 is 2.80 bits per heavy atom. The van der Waals surface area contributed by atoms with Crippen LogP contribution < -0.4 is 10.0 Å². The van der Waals surface area contributed by atoms with Crippen LogP contribution in [-0.2, 0) is 32.5 Å². The second-order valence-corrected chi connectivity index (χ2v) is 8.24. The monoisotopic (exact) mass is 430 g/mol. The van der Waals surface area contributed by atoms with Gasteiger partial charge < -0.3 is 14.1 Å². The Balaban J connectivity index is 1.37. The fourth-order valence-corrected chi connectivity index (χ4v) is 3.78. The Bertz CT molecular complexity index is 1200. The number of carbonyl (C=O) groups is 2. The standard InChI is InChI=1S/C19H18N4O6S/c20-30(26,27)15-3-4-16-13(10-15)6-9-23(16)18(24)12-28-19(25)17-5-2-14(29-17)11-22-8-1-7-21-22/h1-5,7-8,10H,6,9,11-12H2,(H2,20,26,27). The zero-order valence-electron chi connectivity index (χ0n) is 15.7. The fraction of sp³-hybridized carbons (Fsp3) is 0.211. The molecule has 0 atom stereocenters. The van der Waals surface area contributed by atoms with Crippen LogP contribution in [0.15, 0.2) is 58.1 Å². The Kier molecular flexibility index (Phi) is 5.14. The highest BCUT2D eigenvalue weighted by atomic mass is 32.2. The normalized spacial score (nSPS) is 13.3. The Labute approximate surface area is 171 Å². The van der Waals surface area contributed by atoms with Crippen molar-refractivity contribution in [1.29, 1.82) is 0 Å². The zero-order valence-corrected chi connectivity index (χ0v) is 16.5. The van der Waals surface area contributed by atoms with Gasteiger partial charge in [0.05, 0.1) is 11.4 Å². The van der Waals surface area contributed by atoms with Gasteiger partial charge in [0.2, 0.25) is 15.8 Å². The van der Waals surface area contributed by atoms with Crippen molar-refractivity contribution in [3.63, 3.8) is 0 Å². The molecule has 10 nitrogen and oxygen atoms in total. The lowest BCUT2D eigenvalue weighted by atomic mass is 10.2. The molecule has 0 aliphatic carbocycles. The highest BCUT2D eigenvalue weighted by Gasteiger charge is 2.27. The van der Waals surface area contributed by atoms with Crippen molar-refractivity contribution in [2.75, 3.05) is 18.1 Å². The summed E-state index contributed by atoms with van der Waals surface area (Å²) in [5.74, 6) is -0.659. The number of anilines is 1. The van der Waals surface area contributed by atoms with Crippen LogP contribution in [0.3, 0.4) is 0 Å². The molecular weight excluding hydrogens is 412 g/mol. The summed E-state index contributed by atoms with van der Waals surface area (Å²) < 4.78 is 35.1. The van der Waals surface area contributed by atoms with Gasteiger partial charge >= 0.3 is 5.97 Å². The van der Waals surface area contributed by atoms with E-state index >= 15 is 0 Å². The molecule has 0 radical (unpaired) electrons. The van der Waals surface area contributed by atoms with Gasteiger partial charge in [-0.25, -0.2) is 18.4 Å². The van der Waals surface area contributed by atoms with E-state index in [2.05, 4.69) is 5.10 Å². The van der Waals surface area contributed by atoms with Gasteiger partial charge in [-0.1, -0.05) is 0 Å². The van der Waals surface area contributed by atoms with E-state index in [1.165, 1.54) is 29.2 Å². The molecule has 3 aromatic rings. The fourth-order valence-electron chi connectivity index (χ4n) is 3.22. The minimum atomic E-state index is -3.82. The molecule has 0 bridgehead atoms. The van der Waals surface area contributed by atoms with Crippen molar-refractivity contribution >= 4 is 27.6 Å². The molecule has 4 rings (SSSR count). The number of rotatable bonds is 6. The molecule has 2 aromatic heterocycles. The summed E-state index contributed by atoms with van der Waals surface area (Å²) >= 11 is 0. The lowest BCUT2D eigenvalue weighted by Crippen LogP contribution is -2.33. The molecule has 1 aliphatic rings. The maximum absolute atomic E-state index is 12.5. The number of furan rings is 1. The van der Waals surface area contributed by atoms with E-state index in [1.54, 1.807) is 29.2 Å². The van der Waals surface area contributed by atoms with Crippen LogP contribution >= 0.6 is 0 Å². The smallest absolute Gasteiger partial charge is 0.374 e. The van der Waals surface area contributed by atoms with Crippen LogP contribution in [0.2, 0.25) is 0 Å². The molecule has 1 aromatic carbocycles. The highest BCUT2D eigenvalue weighted by Crippen LogP contribution is 2.30. The number of carbonyl (C=O) groups excluding carboxylic acids is 2. The quantitative estimate of drug-likeness (QED) is 0.574. The number of primary sulfonamides is 1. The third-order valence-electron chi connectivity index (χ3n) is 4.64. The second-order valence-electron chi connectivity index (χ2n) is 6.68. The van der Waals surface area contributed by atoms with E-state index in [4.69, 9.17) is 14.3 Å². The zero-order chi connectivity index (χ0) is 21.3. The summed E-state index contributed by atoms with van der Waals surface area (Å²) in [5.41, 5.74) is 1.26. The van der Waals surface area contributed by atoms with E-state index in [9.17, 15) is 18.0 Å². The number of aromatic nitrogens is 2. The van der Waals surface area contributed by atoms with Crippen molar-refractivity contribution in [2.45, 2.75) is 17.9 Å². The van der Waals surface area contributed by atoms with E-state index in [0.717, 1.165) is 0 Å². The number of hydrogen-bond acceptors (Lipinski definition) is 7. The number of benzene rings is 1. The van der Waals surface area contributed by atoms with E-state index in [-0.39, 0.29) is 10.7 Å². The average Bonchev–Trinajstić information content (AvgIpc) is 3.45. The lowest BCUT2D eigenvalue weighted by Gasteiger charge is -2.17. The van der Waals surface area contributed by atoms with Crippen molar-refractivity contribution in [3.05, 3.63) is 65.9 Å². The molecule has 0 saturated carbocycles. The SMILES string of the molecule is NS(=O)(=O)c1ccc2c(c1)CCN2C(=O)COC(=O)c1ccc(Cn2cccn2)o1. The molecule has 1 amide bonds. The Morgan fingerprint density at radius 2 is 2.07 bits per heavy atom. The first-order valence-electron chi connectivity index (χ1n) is 9.00. The van der Waals surface area contributed by atoms with Gasteiger partial charge in [-0.05, 0) is 48.4 Å². The maximum Gasteiger partial charge on any atom is 0.374 e. The molecule has 30 heavy (non-hydrogen) atoms. The van der Waals surface area contributed by atoms with E-state index < -0.39 is 28.5 Å². The van der Waals surface area contributed by atoms with Crippen LogP contribution in [-0.4, -0.2) is 43.2 Å². The predicted molar refractivity (Wildman–Crippen MR) is 104 cm³/mol. The van der Waals surface area contributed by atoms with Gasteiger partial charge in [0.1, 0.15) is 5.76 Å². The first kappa shape index (κ1) is 19.9. The van der Waals surface area contributed by atoms with Gasteiger partial charge in [-0.2, -0.15) is 5.10 Å². The first-order chi connectivity index (χ1) is 14.3. The van der Waals surface area contributed by atoms with Crippen molar-refractivity contribution in [2.24, 2.45) is 5.14 Å². The van der Waals surface area contributed by atoms with Gasteiger partial charge in [0.25, 0.3) is 5.91 Å². The minimum Gasteiger partial charge on any atom is -0.452 e. The molecule has 11 heteroatoms. The summed E-state index contributed by atoms with van der Waals surface area (Å²) in [5, 5.41) is 9.20. The Morgan fingerprint density at radius 1 is 1.23 bits per heavy atom. The summed E-state index contributed by atoms with van der Waals surface area (Å²) in [6.45, 7) is 0.253. The van der Waals surface area contributed by atoms with Crippen molar-refractivity contribution in [1.82, 2.24) is 9.78 Å². The van der Waals surface area contributed by atoms with Crippen LogP contribution in [0.4, 0.5) is 5.69 Å². The lowest BCUT2D eigenvalue weighted by molar-refractivity contribution is -0.121. The number of fused-ring (bicyclic) bond motifs is 1. The van der Waals surface area contributed by atoms with Gasteiger partial charge in [0, 0.05) is 24.6 Å². The molecule has 156 valence electrons. The van der Waals surface area contributed by atoms with Gasteiger partial charge in [0.15, 0.2) is 6.61 Å². The summed E-state index contributed by atoms with van der Waals surface area (Å²) in [7, 11) is -3.82. The molecule has 1 aliphatic heterocycles.